The first kappa shape index (κ1) is 17.7. The van der Waals surface area contributed by atoms with Crippen LogP contribution in [-0.2, 0) is 20.9 Å². The fraction of sp³-hybridized carbons (Fsp3) is 0.294. The fourth-order valence-corrected chi connectivity index (χ4v) is 2.60. The Balaban J connectivity index is 2.36. The highest BCUT2D eigenvalue weighted by molar-refractivity contribution is 5.91. The Morgan fingerprint density at radius 2 is 1.88 bits per heavy atom. The average Bonchev–Trinajstić information content (AvgIpc) is 2.52. The summed E-state index contributed by atoms with van der Waals surface area (Å²) in [6, 6.07) is 8.90. The lowest BCUT2D eigenvalue weighted by atomic mass is 9.70. The molecule has 128 valence electrons. The normalized spacial score (nSPS) is 23.4. The van der Waals surface area contributed by atoms with Crippen LogP contribution >= 0.6 is 0 Å². The van der Waals surface area contributed by atoms with E-state index in [0.717, 1.165) is 24.6 Å². The lowest BCUT2D eigenvalue weighted by Crippen LogP contribution is -2.43. The van der Waals surface area contributed by atoms with E-state index in [1.807, 2.05) is 0 Å². The molecule has 2 atom stereocenters. The topological polar surface area (TPSA) is 83.8 Å². The molecule has 5 nitrogen and oxygen atoms in total. The van der Waals surface area contributed by atoms with E-state index in [1.54, 1.807) is 30.3 Å². The van der Waals surface area contributed by atoms with Gasteiger partial charge in [-0.15, -0.1) is 0 Å². The van der Waals surface area contributed by atoms with Gasteiger partial charge in [-0.2, -0.15) is 0 Å². The maximum absolute atomic E-state index is 13.3. The lowest BCUT2D eigenvalue weighted by Gasteiger charge is -2.34. The van der Waals surface area contributed by atoms with E-state index < -0.39 is 35.3 Å². The number of carboxylic acid groups (broad SMARTS) is 2. The van der Waals surface area contributed by atoms with E-state index >= 15 is 0 Å². The van der Waals surface area contributed by atoms with Gasteiger partial charge in [-0.25, -0.2) is 13.6 Å². The van der Waals surface area contributed by atoms with Gasteiger partial charge in [-0.1, -0.05) is 30.3 Å². The van der Waals surface area contributed by atoms with Crippen LogP contribution in [0.4, 0.5) is 8.78 Å². The third-order valence-electron chi connectivity index (χ3n) is 3.93. The lowest BCUT2D eigenvalue weighted by molar-refractivity contribution is -0.151. The van der Waals surface area contributed by atoms with Crippen molar-refractivity contribution in [2.24, 2.45) is 11.3 Å². The summed E-state index contributed by atoms with van der Waals surface area (Å²) in [6.07, 6.45) is -1.13. The monoisotopic (exact) mass is 338 g/mol. The summed E-state index contributed by atoms with van der Waals surface area (Å²) in [4.78, 5) is 22.8. The Bertz CT molecular complexity index is 696. The van der Waals surface area contributed by atoms with Crippen LogP contribution in [0.3, 0.4) is 0 Å². The minimum atomic E-state index is -3.14. The Kier molecular flexibility index (Phi) is 5.02. The van der Waals surface area contributed by atoms with Crippen molar-refractivity contribution in [3.05, 3.63) is 59.4 Å². The SMILES string of the molecule is CC1(C(=O)O)C=C(OCc2ccccc2)C=C(C(=O)O)C1C(F)F. The van der Waals surface area contributed by atoms with Crippen LogP contribution < -0.4 is 0 Å². The molecule has 0 aliphatic heterocycles. The summed E-state index contributed by atoms with van der Waals surface area (Å²) >= 11 is 0. The standard InChI is InChI=1S/C17H16F2O5/c1-17(16(22)23)8-11(24-9-10-5-3-2-4-6-10)7-12(15(20)21)13(17)14(18)19/h2-8,13-14H,9H2,1H3,(H,20,21)(H,22,23). The summed E-state index contributed by atoms with van der Waals surface area (Å²) in [5.74, 6) is -5.16. The Morgan fingerprint density at radius 1 is 1.25 bits per heavy atom. The van der Waals surface area contributed by atoms with Crippen LogP contribution in [0.25, 0.3) is 0 Å². The number of benzene rings is 1. The van der Waals surface area contributed by atoms with Gasteiger partial charge in [0.05, 0.1) is 16.9 Å². The van der Waals surface area contributed by atoms with Gasteiger partial charge in [-0.05, 0) is 24.6 Å². The van der Waals surface area contributed by atoms with Crippen molar-refractivity contribution in [3.8, 4) is 0 Å². The van der Waals surface area contributed by atoms with Crippen molar-refractivity contribution in [2.75, 3.05) is 0 Å². The molecule has 2 unspecified atom stereocenters. The number of carbonyl (C=O) groups is 2. The van der Waals surface area contributed by atoms with Crippen LogP contribution in [0.5, 0.6) is 0 Å². The number of hydrogen-bond donors (Lipinski definition) is 2. The van der Waals surface area contributed by atoms with Gasteiger partial charge < -0.3 is 14.9 Å². The molecule has 1 aromatic rings. The number of hydrogen-bond acceptors (Lipinski definition) is 3. The summed E-state index contributed by atoms with van der Waals surface area (Å²) in [5, 5.41) is 18.6. The summed E-state index contributed by atoms with van der Waals surface area (Å²) in [6.45, 7) is 1.12. The largest absolute Gasteiger partial charge is 0.489 e. The molecule has 0 spiro atoms. The van der Waals surface area contributed by atoms with Gasteiger partial charge in [0.1, 0.15) is 12.4 Å². The molecule has 0 fully saturated rings. The predicted molar refractivity (Wildman–Crippen MR) is 80.3 cm³/mol. The van der Waals surface area contributed by atoms with Crippen molar-refractivity contribution < 1.29 is 33.3 Å². The molecule has 0 aromatic heterocycles. The summed E-state index contributed by atoms with van der Waals surface area (Å²) in [7, 11) is 0. The van der Waals surface area contributed by atoms with E-state index in [0.29, 0.717) is 0 Å². The summed E-state index contributed by atoms with van der Waals surface area (Å²) in [5.41, 5.74) is -1.99. The molecular weight excluding hydrogens is 322 g/mol. The molecule has 1 aliphatic rings. The molecule has 0 saturated carbocycles. The number of halogens is 2. The van der Waals surface area contributed by atoms with E-state index in [9.17, 15) is 28.6 Å². The third kappa shape index (κ3) is 3.45. The average molecular weight is 338 g/mol. The number of allylic oxidation sites excluding steroid dienone is 1. The van der Waals surface area contributed by atoms with Crippen molar-refractivity contribution in [1.82, 2.24) is 0 Å². The van der Waals surface area contributed by atoms with Crippen LogP contribution in [-0.4, -0.2) is 28.6 Å². The van der Waals surface area contributed by atoms with E-state index in [-0.39, 0.29) is 12.4 Å². The molecule has 0 heterocycles. The zero-order valence-electron chi connectivity index (χ0n) is 12.8. The third-order valence-corrected chi connectivity index (χ3v) is 3.93. The smallest absolute Gasteiger partial charge is 0.332 e. The maximum atomic E-state index is 13.3. The molecule has 2 N–H and O–H groups in total. The van der Waals surface area contributed by atoms with Crippen LogP contribution in [0.1, 0.15) is 12.5 Å². The molecule has 1 aliphatic carbocycles. The molecule has 0 amide bonds. The second-order valence-electron chi connectivity index (χ2n) is 5.63. The van der Waals surface area contributed by atoms with E-state index in [4.69, 9.17) is 4.74 Å². The van der Waals surface area contributed by atoms with Gasteiger partial charge in [0.15, 0.2) is 0 Å². The van der Waals surface area contributed by atoms with Gasteiger partial charge >= 0.3 is 11.9 Å². The molecule has 0 radical (unpaired) electrons. The fourth-order valence-electron chi connectivity index (χ4n) is 2.60. The van der Waals surface area contributed by atoms with Crippen molar-refractivity contribution in [3.63, 3.8) is 0 Å². The van der Waals surface area contributed by atoms with Gasteiger partial charge in [-0.3, -0.25) is 4.79 Å². The molecule has 7 heteroatoms. The van der Waals surface area contributed by atoms with Crippen LogP contribution in [0.15, 0.2) is 53.8 Å². The number of carboxylic acids is 2. The van der Waals surface area contributed by atoms with E-state index in [2.05, 4.69) is 0 Å². The minimum absolute atomic E-state index is 0.0574. The number of rotatable bonds is 6. The summed E-state index contributed by atoms with van der Waals surface area (Å²) < 4.78 is 32.1. The van der Waals surface area contributed by atoms with Gasteiger partial charge in [0.25, 0.3) is 0 Å². The highest BCUT2D eigenvalue weighted by atomic mass is 19.3. The molecule has 0 bridgehead atoms. The quantitative estimate of drug-likeness (QED) is 0.833. The number of aliphatic carboxylic acids is 2. The first-order valence-corrected chi connectivity index (χ1v) is 7.11. The second-order valence-corrected chi connectivity index (χ2v) is 5.63. The first-order valence-electron chi connectivity index (χ1n) is 7.11. The van der Waals surface area contributed by atoms with Crippen molar-refractivity contribution in [1.29, 1.82) is 0 Å². The van der Waals surface area contributed by atoms with Gasteiger partial charge in [0.2, 0.25) is 6.43 Å². The number of ether oxygens (including phenoxy) is 1. The highest BCUT2D eigenvalue weighted by Crippen LogP contribution is 2.43. The highest BCUT2D eigenvalue weighted by Gasteiger charge is 2.51. The zero-order valence-corrected chi connectivity index (χ0v) is 12.8. The Morgan fingerprint density at radius 3 is 2.38 bits per heavy atom. The second kappa shape index (κ2) is 6.82. The predicted octanol–water partition coefficient (Wildman–Crippen LogP) is 3.08. The molecular formula is C17H16F2O5. The first-order chi connectivity index (χ1) is 11.3. The van der Waals surface area contributed by atoms with Crippen molar-refractivity contribution >= 4 is 11.9 Å². The Hall–Kier alpha value is -2.70. The van der Waals surface area contributed by atoms with Gasteiger partial charge in [0, 0.05) is 0 Å². The minimum Gasteiger partial charge on any atom is -0.489 e. The molecule has 24 heavy (non-hydrogen) atoms. The molecule has 0 saturated heterocycles. The van der Waals surface area contributed by atoms with Crippen LogP contribution in [0, 0.1) is 11.3 Å². The number of alkyl halides is 2. The zero-order chi connectivity index (χ0) is 17.9. The Labute approximate surface area is 136 Å². The van der Waals surface area contributed by atoms with Crippen LogP contribution in [0.2, 0.25) is 0 Å². The maximum Gasteiger partial charge on any atom is 0.332 e. The van der Waals surface area contributed by atoms with Crippen molar-refractivity contribution in [2.45, 2.75) is 20.0 Å². The molecule has 2 rings (SSSR count). The molecule has 1 aromatic carbocycles. The van der Waals surface area contributed by atoms with E-state index in [1.165, 1.54) is 0 Å².